The first kappa shape index (κ1) is 15.6. The Bertz CT molecular complexity index is 367. The molecular formula is C7H12NO8P. The Morgan fingerprint density at radius 1 is 1.35 bits per heavy atom. The molecule has 4 N–H and O–H groups in total. The summed E-state index contributed by atoms with van der Waals surface area (Å²) < 4.78 is 18.7. The number of rotatable bonds is 6. The monoisotopic (exact) mass is 269 g/mol. The molecule has 0 heterocycles. The lowest BCUT2D eigenvalue weighted by Crippen LogP contribution is -2.30. The van der Waals surface area contributed by atoms with Crippen LogP contribution in [0.1, 0.15) is 19.8 Å². The van der Waals surface area contributed by atoms with Crippen molar-refractivity contribution in [3.8, 4) is 0 Å². The second-order valence-electron chi connectivity index (χ2n) is 3.00. The van der Waals surface area contributed by atoms with Gasteiger partial charge in [-0.25, -0.2) is 4.57 Å². The maximum Gasteiger partial charge on any atom is 0.589 e. The van der Waals surface area contributed by atoms with Gasteiger partial charge >= 0.3 is 25.7 Å². The highest BCUT2D eigenvalue weighted by Gasteiger charge is 2.29. The highest BCUT2D eigenvalue weighted by Crippen LogP contribution is 2.43. The largest absolute Gasteiger partial charge is 0.589 e. The molecule has 98 valence electrons. The van der Waals surface area contributed by atoms with Crippen molar-refractivity contribution < 1.29 is 38.0 Å². The molecule has 0 rings (SSSR count). The molecule has 0 aromatic rings. The van der Waals surface area contributed by atoms with Crippen molar-refractivity contribution in [1.29, 1.82) is 0 Å². The quantitative estimate of drug-likeness (QED) is 0.535. The van der Waals surface area contributed by atoms with Crippen LogP contribution in [0.2, 0.25) is 0 Å². The molecule has 1 unspecified atom stereocenters. The van der Waals surface area contributed by atoms with E-state index in [1.54, 1.807) is 0 Å². The summed E-state index contributed by atoms with van der Waals surface area (Å²) in [5.41, 5.74) is 5.09. The van der Waals surface area contributed by atoms with Crippen molar-refractivity contribution in [1.82, 2.24) is 0 Å². The van der Waals surface area contributed by atoms with Gasteiger partial charge in [0.25, 0.3) is 0 Å². The smallest absolute Gasteiger partial charge is 0.480 e. The van der Waals surface area contributed by atoms with Crippen LogP contribution < -0.4 is 5.73 Å². The van der Waals surface area contributed by atoms with Gasteiger partial charge in [-0.15, -0.1) is 0 Å². The zero-order valence-electron chi connectivity index (χ0n) is 8.86. The van der Waals surface area contributed by atoms with Gasteiger partial charge in [0.15, 0.2) is 0 Å². The van der Waals surface area contributed by atoms with E-state index in [1.807, 2.05) is 0 Å². The number of hydrogen-bond acceptors (Lipinski definition) is 7. The van der Waals surface area contributed by atoms with Crippen LogP contribution in [-0.2, 0) is 28.0 Å². The number of carbonyl (C=O) groups is 3. The summed E-state index contributed by atoms with van der Waals surface area (Å²) in [6.07, 6.45) is -0.756. The lowest BCUT2D eigenvalue weighted by atomic mass is 10.2. The molecular weight excluding hydrogens is 257 g/mol. The fraction of sp³-hybridized carbons (Fsp3) is 0.571. The van der Waals surface area contributed by atoms with E-state index in [-0.39, 0.29) is 6.42 Å². The van der Waals surface area contributed by atoms with Gasteiger partial charge in [0.05, 0.1) is 0 Å². The molecule has 0 aliphatic carbocycles. The molecule has 0 bridgehead atoms. The highest BCUT2D eigenvalue weighted by atomic mass is 31.2. The van der Waals surface area contributed by atoms with Gasteiger partial charge in [0.1, 0.15) is 6.04 Å². The molecule has 0 radical (unpaired) electrons. The van der Waals surface area contributed by atoms with E-state index >= 15 is 0 Å². The molecule has 17 heavy (non-hydrogen) atoms. The number of nitrogens with two attached hydrogens (primary N) is 1. The van der Waals surface area contributed by atoms with Crippen LogP contribution in [0, 0.1) is 0 Å². The van der Waals surface area contributed by atoms with E-state index < -0.39 is 38.2 Å². The van der Waals surface area contributed by atoms with Crippen LogP contribution in [0.4, 0.5) is 0 Å². The van der Waals surface area contributed by atoms with Crippen LogP contribution in [0.5, 0.6) is 0 Å². The van der Waals surface area contributed by atoms with Crippen LogP contribution in [-0.4, -0.2) is 33.9 Å². The minimum absolute atomic E-state index is 0.270. The SMILES string of the molecule is CC(=O)OP(=O)(O)OC(=O)CC[C@H](N)C(=O)O. The fourth-order valence-electron chi connectivity index (χ4n) is 0.752. The first-order valence-corrected chi connectivity index (χ1v) is 5.87. The first-order valence-electron chi connectivity index (χ1n) is 4.38. The van der Waals surface area contributed by atoms with E-state index in [0.717, 1.165) is 6.92 Å². The maximum atomic E-state index is 11.0. The van der Waals surface area contributed by atoms with Crippen LogP contribution >= 0.6 is 7.82 Å². The van der Waals surface area contributed by atoms with Crippen molar-refractivity contribution in [3.63, 3.8) is 0 Å². The molecule has 0 amide bonds. The number of carboxylic acids is 1. The average molecular weight is 269 g/mol. The number of aliphatic carboxylic acids is 1. The molecule has 0 saturated carbocycles. The van der Waals surface area contributed by atoms with Gasteiger partial charge in [0.2, 0.25) is 0 Å². The predicted octanol–water partition coefficient (Wildman–Crippen LogP) is -0.615. The number of phosphoric acid groups is 1. The highest BCUT2D eigenvalue weighted by molar-refractivity contribution is 7.48. The average Bonchev–Trinajstić information content (AvgIpc) is 2.10. The van der Waals surface area contributed by atoms with Crippen molar-refractivity contribution >= 4 is 25.7 Å². The van der Waals surface area contributed by atoms with E-state index in [2.05, 4.69) is 9.05 Å². The van der Waals surface area contributed by atoms with Crippen molar-refractivity contribution in [2.45, 2.75) is 25.8 Å². The number of carbonyl (C=O) groups excluding carboxylic acids is 2. The molecule has 2 atom stereocenters. The number of carboxylic acid groups (broad SMARTS) is 1. The summed E-state index contributed by atoms with van der Waals surface area (Å²) in [4.78, 5) is 40.5. The summed E-state index contributed by atoms with van der Waals surface area (Å²) in [6.45, 7) is 0.858. The summed E-state index contributed by atoms with van der Waals surface area (Å²) in [5.74, 6) is -3.59. The molecule has 0 fully saturated rings. The van der Waals surface area contributed by atoms with Crippen molar-refractivity contribution in [2.24, 2.45) is 5.73 Å². The van der Waals surface area contributed by atoms with E-state index in [0.29, 0.717) is 0 Å². The third-order valence-electron chi connectivity index (χ3n) is 1.44. The second-order valence-corrected chi connectivity index (χ2v) is 4.30. The minimum atomic E-state index is -4.78. The van der Waals surface area contributed by atoms with Gasteiger partial charge in [-0.2, -0.15) is 0 Å². The Hall–Kier alpha value is -1.44. The lowest BCUT2D eigenvalue weighted by molar-refractivity contribution is -0.139. The second kappa shape index (κ2) is 6.33. The Morgan fingerprint density at radius 3 is 2.29 bits per heavy atom. The fourth-order valence-corrected chi connectivity index (χ4v) is 1.46. The zero-order chi connectivity index (χ0) is 13.6. The molecule has 9 nitrogen and oxygen atoms in total. The van der Waals surface area contributed by atoms with Crippen LogP contribution in [0.15, 0.2) is 0 Å². The van der Waals surface area contributed by atoms with Crippen LogP contribution in [0.25, 0.3) is 0 Å². The Labute approximate surface area is 96.1 Å². The number of phosphoric ester groups is 1. The third-order valence-corrected chi connectivity index (χ3v) is 2.36. The Balaban J connectivity index is 4.14. The van der Waals surface area contributed by atoms with Gasteiger partial charge < -0.3 is 19.9 Å². The zero-order valence-corrected chi connectivity index (χ0v) is 9.75. The van der Waals surface area contributed by atoms with Gasteiger partial charge in [0, 0.05) is 13.3 Å². The maximum absolute atomic E-state index is 11.0. The molecule has 0 aromatic heterocycles. The summed E-state index contributed by atoms with van der Waals surface area (Å²) in [5, 5.41) is 8.40. The van der Waals surface area contributed by atoms with Crippen molar-refractivity contribution in [2.75, 3.05) is 0 Å². The molecule has 0 aliphatic rings. The topological polar surface area (TPSA) is 153 Å². The van der Waals surface area contributed by atoms with Gasteiger partial charge in [-0.3, -0.25) is 19.3 Å². The van der Waals surface area contributed by atoms with Gasteiger partial charge in [-0.05, 0) is 6.42 Å². The number of hydrogen-bond donors (Lipinski definition) is 3. The first-order chi connectivity index (χ1) is 7.64. The van der Waals surface area contributed by atoms with E-state index in [4.69, 9.17) is 15.7 Å². The summed E-state index contributed by atoms with van der Waals surface area (Å²) >= 11 is 0. The molecule has 10 heteroatoms. The van der Waals surface area contributed by atoms with E-state index in [1.165, 1.54) is 0 Å². The van der Waals surface area contributed by atoms with Gasteiger partial charge in [-0.1, -0.05) is 0 Å². The standard InChI is InChI=1S/C7H12NO8P/c1-4(9)15-17(13,14)16-6(10)3-2-5(8)7(11)12/h5H,2-3,8H2,1H3,(H,11,12)(H,13,14)/t5-/m0/s1. The summed E-state index contributed by atoms with van der Waals surface area (Å²) in [7, 11) is -4.78. The predicted molar refractivity (Wildman–Crippen MR) is 52.5 cm³/mol. The van der Waals surface area contributed by atoms with Crippen molar-refractivity contribution in [3.05, 3.63) is 0 Å². The third kappa shape index (κ3) is 7.45. The Kier molecular flexibility index (Phi) is 5.80. The molecule has 0 spiro atoms. The summed E-state index contributed by atoms with van der Waals surface area (Å²) in [6, 6.07) is -1.28. The molecule has 0 saturated heterocycles. The van der Waals surface area contributed by atoms with Crippen LogP contribution in [0.3, 0.4) is 0 Å². The molecule has 0 aromatic carbocycles. The lowest BCUT2D eigenvalue weighted by Gasteiger charge is -2.10. The normalized spacial score (nSPS) is 15.5. The Morgan fingerprint density at radius 2 is 1.88 bits per heavy atom. The molecule has 0 aliphatic heterocycles. The minimum Gasteiger partial charge on any atom is -0.480 e. The van der Waals surface area contributed by atoms with E-state index in [9.17, 15) is 18.9 Å².